The SMILES string of the molecule is CN1CCOc2cc(-c3cnc4[nH]cc(-c5cnn(S(=O)c6ccccc6)c5)c4c3)ccc21. The van der Waals surface area contributed by atoms with Gasteiger partial charge in [0.2, 0.25) is 0 Å². The Labute approximate surface area is 193 Å². The van der Waals surface area contributed by atoms with E-state index in [1.807, 2.05) is 42.7 Å². The summed E-state index contributed by atoms with van der Waals surface area (Å²) in [6, 6.07) is 17.7. The van der Waals surface area contributed by atoms with E-state index in [0.717, 1.165) is 51.3 Å². The molecule has 8 heteroatoms. The van der Waals surface area contributed by atoms with Gasteiger partial charge in [-0.3, -0.25) is 0 Å². The number of aromatic amines is 1. The molecule has 33 heavy (non-hydrogen) atoms. The molecule has 6 rings (SSSR count). The summed E-state index contributed by atoms with van der Waals surface area (Å²) in [5.74, 6) is 0.889. The molecule has 164 valence electrons. The van der Waals surface area contributed by atoms with Gasteiger partial charge in [-0.15, -0.1) is 0 Å². The smallest absolute Gasteiger partial charge is 0.173 e. The van der Waals surface area contributed by atoms with Crippen molar-refractivity contribution in [1.29, 1.82) is 0 Å². The van der Waals surface area contributed by atoms with Gasteiger partial charge < -0.3 is 14.6 Å². The van der Waals surface area contributed by atoms with Crippen molar-refractivity contribution >= 4 is 27.7 Å². The molecule has 0 amide bonds. The third-order valence-electron chi connectivity index (χ3n) is 5.91. The maximum atomic E-state index is 12.8. The number of ether oxygens (including phenoxy) is 1. The Morgan fingerprint density at radius 2 is 1.91 bits per heavy atom. The van der Waals surface area contributed by atoms with E-state index in [1.165, 1.54) is 4.09 Å². The van der Waals surface area contributed by atoms with Crippen LogP contribution in [-0.4, -0.2) is 43.6 Å². The molecule has 1 aliphatic heterocycles. The van der Waals surface area contributed by atoms with Crippen LogP contribution in [0.4, 0.5) is 5.69 Å². The molecule has 0 saturated heterocycles. The van der Waals surface area contributed by atoms with Gasteiger partial charge in [-0.2, -0.15) is 9.19 Å². The molecule has 2 aromatic carbocycles. The number of aromatic nitrogens is 4. The van der Waals surface area contributed by atoms with E-state index in [9.17, 15) is 4.21 Å². The van der Waals surface area contributed by atoms with Crippen molar-refractivity contribution < 1.29 is 8.95 Å². The zero-order valence-electron chi connectivity index (χ0n) is 17.9. The Kier molecular flexibility index (Phi) is 4.73. The van der Waals surface area contributed by atoms with Gasteiger partial charge in [0.25, 0.3) is 0 Å². The average Bonchev–Trinajstić information content (AvgIpc) is 3.51. The molecule has 4 heterocycles. The highest BCUT2D eigenvalue weighted by molar-refractivity contribution is 7.83. The van der Waals surface area contributed by atoms with Crippen molar-refractivity contribution in [2.24, 2.45) is 0 Å². The van der Waals surface area contributed by atoms with Crippen molar-refractivity contribution in [3.05, 3.63) is 79.4 Å². The summed E-state index contributed by atoms with van der Waals surface area (Å²) < 4.78 is 20.2. The summed E-state index contributed by atoms with van der Waals surface area (Å²) in [6.45, 7) is 1.57. The molecule has 0 radical (unpaired) electrons. The van der Waals surface area contributed by atoms with Crippen LogP contribution in [0.1, 0.15) is 0 Å². The second-order valence-electron chi connectivity index (χ2n) is 7.97. The topological polar surface area (TPSA) is 76.0 Å². The summed E-state index contributed by atoms with van der Waals surface area (Å²) in [6.07, 6.45) is 7.32. The van der Waals surface area contributed by atoms with Gasteiger partial charge in [0.1, 0.15) is 18.0 Å². The van der Waals surface area contributed by atoms with E-state index in [2.05, 4.69) is 51.3 Å². The molecule has 0 bridgehead atoms. The van der Waals surface area contributed by atoms with Crippen molar-refractivity contribution in [3.63, 3.8) is 0 Å². The molecule has 1 N–H and O–H groups in total. The largest absolute Gasteiger partial charge is 0.490 e. The molecule has 0 fully saturated rings. The van der Waals surface area contributed by atoms with E-state index in [0.29, 0.717) is 11.5 Å². The van der Waals surface area contributed by atoms with Gasteiger partial charge in [0.05, 0.1) is 23.3 Å². The standard InChI is InChI=1S/C25H21N5O2S/c1-29-9-10-32-24-12-17(7-8-23(24)29)18-11-21-22(15-27-25(21)26-13-18)19-14-28-30(16-19)33(31)20-5-3-2-4-6-20/h2-8,11-16H,9-10H2,1H3,(H,26,27). The zero-order chi connectivity index (χ0) is 22.4. The van der Waals surface area contributed by atoms with Crippen molar-refractivity contribution in [3.8, 4) is 28.0 Å². The number of likely N-dealkylation sites (N-methyl/N-ethyl adjacent to an activating group) is 1. The average molecular weight is 456 g/mol. The van der Waals surface area contributed by atoms with Crippen LogP contribution >= 0.6 is 0 Å². The molecule has 0 saturated carbocycles. The quantitative estimate of drug-likeness (QED) is 0.432. The van der Waals surface area contributed by atoms with Crippen molar-refractivity contribution in [2.45, 2.75) is 4.90 Å². The van der Waals surface area contributed by atoms with Crippen molar-refractivity contribution in [1.82, 2.24) is 19.2 Å². The first-order valence-corrected chi connectivity index (χ1v) is 11.8. The summed E-state index contributed by atoms with van der Waals surface area (Å²) in [4.78, 5) is 10.8. The summed E-state index contributed by atoms with van der Waals surface area (Å²) in [5.41, 5.74) is 5.78. The minimum atomic E-state index is -1.40. The molecule has 0 spiro atoms. The van der Waals surface area contributed by atoms with Crippen LogP contribution in [-0.2, 0) is 11.0 Å². The summed E-state index contributed by atoms with van der Waals surface area (Å²) in [5, 5.41) is 5.33. The van der Waals surface area contributed by atoms with E-state index >= 15 is 0 Å². The third-order valence-corrected chi connectivity index (χ3v) is 7.12. The molecule has 1 unspecified atom stereocenters. The lowest BCUT2D eigenvalue weighted by molar-refractivity contribution is 0.311. The minimum absolute atomic E-state index is 0.681. The lowest BCUT2D eigenvalue weighted by atomic mass is 10.0. The van der Waals surface area contributed by atoms with Crippen LogP contribution in [0.15, 0.2) is 84.3 Å². The molecular weight excluding hydrogens is 434 g/mol. The van der Waals surface area contributed by atoms with E-state index in [1.54, 1.807) is 12.4 Å². The first kappa shape index (κ1) is 19.8. The lowest BCUT2D eigenvalue weighted by Crippen LogP contribution is -2.28. The normalized spacial score (nSPS) is 14.2. The highest BCUT2D eigenvalue weighted by Crippen LogP contribution is 2.36. The highest BCUT2D eigenvalue weighted by atomic mass is 32.2. The first-order valence-electron chi connectivity index (χ1n) is 10.7. The minimum Gasteiger partial charge on any atom is -0.490 e. The van der Waals surface area contributed by atoms with Gasteiger partial charge in [-0.25, -0.2) is 9.19 Å². The maximum Gasteiger partial charge on any atom is 0.173 e. The van der Waals surface area contributed by atoms with Crippen LogP contribution < -0.4 is 9.64 Å². The molecule has 7 nitrogen and oxygen atoms in total. The van der Waals surface area contributed by atoms with Gasteiger partial charge in [-0.1, -0.05) is 24.3 Å². The molecule has 1 aliphatic rings. The predicted octanol–water partition coefficient (Wildman–Crippen LogP) is 4.49. The number of hydrogen-bond donors (Lipinski definition) is 1. The van der Waals surface area contributed by atoms with Crippen molar-refractivity contribution in [2.75, 3.05) is 25.1 Å². The number of H-pyrrole nitrogens is 1. The molecule has 5 aromatic rings. The molecule has 0 aliphatic carbocycles. The zero-order valence-corrected chi connectivity index (χ0v) is 18.7. The molecule has 3 aromatic heterocycles. The number of nitrogens with zero attached hydrogens (tertiary/aromatic N) is 4. The van der Waals surface area contributed by atoms with Crippen LogP contribution in [0.5, 0.6) is 5.75 Å². The molecule has 1 atom stereocenters. The highest BCUT2D eigenvalue weighted by Gasteiger charge is 2.17. The second-order valence-corrected chi connectivity index (χ2v) is 9.31. The van der Waals surface area contributed by atoms with E-state index < -0.39 is 11.0 Å². The fraction of sp³-hybridized carbons (Fsp3) is 0.120. The monoisotopic (exact) mass is 455 g/mol. The second kappa shape index (κ2) is 7.90. The number of hydrogen-bond acceptors (Lipinski definition) is 5. The lowest BCUT2D eigenvalue weighted by Gasteiger charge is -2.28. The fourth-order valence-electron chi connectivity index (χ4n) is 4.12. The third kappa shape index (κ3) is 3.48. The van der Waals surface area contributed by atoms with Crippen LogP contribution in [0.25, 0.3) is 33.3 Å². The fourth-order valence-corrected chi connectivity index (χ4v) is 5.07. The number of rotatable bonds is 4. The van der Waals surface area contributed by atoms with Crippen LogP contribution in [0, 0.1) is 0 Å². The summed E-state index contributed by atoms with van der Waals surface area (Å²) >= 11 is 0. The first-order chi connectivity index (χ1) is 16.2. The van der Waals surface area contributed by atoms with E-state index in [-0.39, 0.29) is 0 Å². The van der Waals surface area contributed by atoms with Crippen LogP contribution in [0.2, 0.25) is 0 Å². The number of fused-ring (bicyclic) bond motifs is 2. The van der Waals surface area contributed by atoms with Crippen LogP contribution in [0.3, 0.4) is 0 Å². The van der Waals surface area contributed by atoms with Gasteiger partial charge >= 0.3 is 0 Å². The maximum absolute atomic E-state index is 12.8. The van der Waals surface area contributed by atoms with E-state index in [4.69, 9.17) is 4.74 Å². The Morgan fingerprint density at radius 3 is 2.79 bits per heavy atom. The summed E-state index contributed by atoms with van der Waals surface area (Å²) in [7, 11) is 0.677. The Balaban J connectivity index is 1.37. The number of anilines is 1. The number of pyridine rings is 1. The Bertz CT molecular complexity index is 1490. The predicted molar refractivity (Wildman–Crippen MR) is 130 cm³/mol. The number of nitrogens with one attached hydrogen (secondary N) is 1. The Morgan fingerprint density at radius 1 is 1.03 bits per heavy atom. The number of benzene rings is 2. The van der Waals surface area contributed by atoms with Gasteiger partial charge in [-0.05, 0) is 35.9 Å². The van der Waals surface area contributed by atoms with Gasteiger partial charge in [0, 0.05) is 47.7 Å². The Hall–Kier alpha value is -3.91. The molecular formula is C25H21N5O2S. The van der Waals surface area contributed by atoms with Gasteiger partial charge in [0.15, 0.2) is 11.0 Å².